The minimum Gasteiger partial charge on any atom is -0.497 e. The lowest BCUT2D eigenvalue weighted by molar-refractivity contribution is 0.166. The second kappa shape index (κ2) is 5.32. The molecule has 0 amide bonds. The Labute approximate surface area is 97.4 Å². The largest absolute Gasteiger partial charge is 0.497 e. The molecule has 90 valence electrons. The van der Waals surface area contributed by atoms with Crippen LogP contribution in [-0.2, 0) is 5.54 Å². The highest BCUT2D eigenvalue weighted by Gasteiger charge is 2.26. The number of ether oxygens (including phenoxy) is 1. The van der Waals surface area contributed by atoms with Crippen LogP contribution >= 0.6 is 0 Å². The number of rotatable bonds is 5. The second-order valence-electron chi connectivity index (χ2n) is 4.52. The van der Waals surface area contributed by atoms with Gasteiger partial charge in [0.1, 0.15) is 5.75 Å². The van der Waals surface area contributed by atoms with Crippen LogP contribution in [-0.4, -0.2) is 24.9 Å². The van der Waals surface area contributed by atoms with Crippen LogP contribution in [0, 0.1) is 0 Å². The fraction of sp³-hybridized carbons (Fsp3) is 0.538. The first-order chi connectivity index (χ1) is 7.51. The van der Waals surface area contributed by atoms with Gasteiger partial charge in [-0.3, -0.25) is 0 Å². The van der Waals surface area contributed by atoms with Gasteiger partial charge in [0.15, 0.2) is 0 Å². The summed E-state index contributed by atoms with van der Waals surface area (Å²) in [4.78, 5) is 0. The van der Waals surface area contributed by atoms with E-state index in [1.54, 1.807) is 7.11 Å². The molecule has 0 aromatic heterocycles. The Balaban J connectivity index is 3.01. The van der Waals surface area contributed by atoms with Crippen molar-refractivity contribution < 1.29 is 9.84 Å². The average molecular weight is 223 g/mol. The van der Waals surface area contributed by atoms with Crippen molar-refractivity contribution in [1.29, 1.82) is 0 Å². The number of methoxy groups -OCH3 is 1. The fourth-order valence-electron chi connectivity index (χ4n) is 1.82. The molecule has 1 rings (SSSR count). The van der Waals surface area contributed by atoms with E-state index in [4.69, 9.17) is 4.74 Å². The molecular formula is C13H21NO2. The molecule has 0 radical (unpaired) electrons. The molecule has 0 aliphatic heterocycles. The van der Waals surface area contributed by atoms with E-state index in [-0.39, 0.29) is 6.61 Å². The van der Waals surface area contributed by atoms with Crippen molar-refractivity contribution in [3.8, 4) is 5.75 Å². The normalized spacial score (nSPS) is 14.9. The highest BCUT2D eigenvalue weighted by atomic mass is 16.5. The topological polar surface area (TPSA) is 41.5 Å². The molecule has 0 saturated carbocycles. The Morgan fingerprint density at radius 1 is 1.44 bits per heavy atom. The molecule has 1 atom stereocenters. The summed E-state index contributed by atoms with van der Waals surface area (Å²) >= 11 is 0. The Morgan fingerprint density at radius 3 is 2.62 bits per heavy atom. The third kappa shape index (κ3) is 2.97. The third-order valence-corrected chi connectivity index (χ3v) is 2.63. The zero-order chi connectivity index (χ0) is 12.2. The van der Waals surface area contributed by atoms with E-state index in [9.17, 15) is 5.11 Å². The van der Waals surface area contributed by atoms with Gasteiger partial charge in [-0.15, -0.1) is 0 Å². The smallest absolute Gasteiger partial charge is 0.119 e. The highest BCUT2D eigenvalue weighted by Crippen LogP contribution is 2.24. The van der Waals surface area contributed by atoms with Crippen LogP contribution in [0.5, 0.6) is 5.75 Å². The highest BCUT2D eigenvalue weighted by molar-refractivity contribution is 5.33. The van der Waals surface area contributed by atoms with Gasteiger partial charge in [0.25, 0.3) is 0 Å². The lowest BCUT2D eigenvalue weighted by Crippen LogP contribution is -2.46. The molecule has 0 aliphatic carbocycles. The molecule has 0 saturated heterocycles. The first kappa shape index (κ1) is 13.0. The van der Waals surface area contributed by atoms with E-state index in [2.05, 4.69) is 19.2 Å². The third-order valence-electron chi connectivity index (χ3n) is 2.63. The van der Waals surface area contributed by atoms with E-state index >= 15 is 0 Å². The SMILES string of the molecule is COc1cccc(C(C)(CO)NC(C)C)c1. The van der Waals surface area contributed by atoms with Crippen molar-refractivity contribution >= 4 is 0 Å². The number of hydrogen-bond donors (Lipinski definition) is 2. The van der Waals surface area contributed by atoms with Gasteiger partial charge < -0.3 is 15.2 Å². The van der Waals surface area contributed by atoms with Crippen molar-refractivity contribution in [2.24, 2.45) is 0 Å². The van der Waals surface area contributed by atoms with Gasteiger partial charge in [-0.2, -0.15) is 0 Å². The molecule has 0 aliphatic rings. The van der Waals surface area contributed by atoms with Crippen LogP contribution in [0.4, 0.5) is 0 Å². The van der Waals surface area contributed by atoms with E-state index in [0.29, 0.717) is 6.04 Å². The number of hydrogen-bond acceptors (Lipinski definition) is 3. The maximum absolute atomic E-state index is 9.55. The fourth-order valence-corrected chi connectivity index (χ4v) is 1.82. The van der Waals surface area contributed by atoms with Crippen molar-refractivity contribution in [2.45, 2.75) is 32.4 Å². The van der Waals surface area contributed by atoms with Crippen LogP contribution in [0.2, 0.25) is 0 Å². The van der Waals surface area contributed by atoms with Gasteiger partial charge in [-0.25, -0.2) is 0 Å². The molecule has 1 aromatic carbocycles. The standard InChI is InChI=1S/C13H21NO2/c1-10(2)14-13(3,9-15)11-6-5-7-12(8-11)16-4/h5-8,10,14-15H,9H2,1-4H3. The van der Waals surface area contributed by atoms with Crippen LogP contribution in [0.3, 0.4) is 0 Å². The van der Waals surface area contributed by atoms with Gasteiger partial charge >= 0.3 is 0 Å². The molecule has 0 spiro atoms. The number of aliphatic hydroxyl groups excluding tert-OH is 1. The van der Waals surface area contributed by atoms with E-state index in [1.807, 2.05) is 31.2 Å². The first-order valence-electron chi connectivity index (χ1n) is 5.55. The van der Waals surface area contributed by atoms with Gasteiger partial charge in [0, 0.05) is 6.04 Å². The molecule has 3 nitrogen and oxygen atoms in total. The quantitative estimate of drug-likeness (QED) is 0.801. The predicted octanol–water partition coefficient (Wildman–Crippen LogP) is 1.90. The molecule has 0 heterocycles. The monoisotopic (exact) mass is 223 g/mol. The number of nitrogens with one attached hydrogen (secondary N) is 1. The van der Waals surface area contributed by atoms with E-state index in [1.165, 1.54) is 0 Å². The van der Waals surface area contributed by atoms with Crippen LogP contribution in [0.25, 0.3) is 0 Å². The molecular weight excluding hydrogens is 202 g/mol. The summed E-state index contributed by atoms with van der Waals surface area (Å²) in [6.07, 6.45) is 0. The minimum absolute atomic E-state index is 0.0539. The van der Waals surface area contributed by atoms with Crippen LogP contribution < -0.4 is 10.1 Å². The van der Waals surface area contributed by atoms with E-state index in [0.717, 1.165) is 11.3 Å². The lowest BCUT2D eigenvalue weighted by atomic mass is 9.92. The molecule has 2 N–H and O–H groups in total. The Morgan fingerprint density at radius 2 is 2.12 bits per heavy atom. The molecule has 3 heteroatoms. The van der Waals surface area contributed by atoms with Crippen molar-refractivity contribution in [3.63, 3.8) is 0 Å². The van der Waals surface area contributed by atoms with Gasteiger partial charge in [0.05, 0.1) is 19.3 Å². The molecule has 16 heavy (non-hydrogen) atoms. The number of benzene rings is 1. The summed E-state index contributed by atoms with van der Waals surface area (Å²) in [6.45, 7) is 6.17. The molecule has 1 aromatic rings. The zero-order valence-electron chi connectivity index (χ0n) is 10.4. The molecule has 0 bridgehead atoms. The lowest BCUT2D eigenvalue weighted by Gasteiger charge is -2.32. The van der Waals surface area contributed by atoms with Gasteiger partial charge in [-0.05, 0) is 38.5 Å². The second-order valence-corrected chi connectivity index (χ2v) is 4.52. The maximum atomic E-state index is 9.55. The summed E-state index contributed by atoms with van der Waals surface area (Å²) in [5.41, 5.74) is 0.603. The van der Waals surface area contributed by atoms with Crippen LogP contribution in [0.15, 0.2) is 24.3 Å². The molecule has 1 unspecified atom stereocenters. The van der Waals surface area contributed by atoms with Crippen molar-refractivity contribution in [1.82, 2.24) is 5.32 Å². The summed E-state index contributed by atoms with van der Waals surface area (Å²) in [5, 5.41) is 12.9. The average Bonchev–Trinajstić information content (AvgIpc) is 2.28. The minimum atomic E-state index is -0.428. The van der Waals surface area contributed by atoms with E-state index < -0.39 is 5.54 Å². The van der Waals surface area contributed by atoms with Crippen LogP contribution in [0.1, 0.15) is 26.3 Å². The maximum Gasteiger partial charge on any atom is 0.119 e. The Bertz CT molecular complexity index is 338. The number of aliphatic hydroxyl groups is 1. The zero-order valence-corrected chi connectivity index (χ0v) is 10.4. The van der Waals surface area contributed by atoms with Gasteiger partial charge in [-0.1, -0.05) is 12.1 Å². The first-order valence-corrected chi connectivity index (χ1v) is 5.55. The van der Waals surface area contributed by atoms with Crippen molar-refractivity contribution in [2.75, 3.05) is 13.7 Å². The van der Waals surface area contributed by atoms with Crippen molar-refractivity contribution in [3.05, 3.63) is 29.8 Å². The summed E-state index contributed by atoms with van der Waals surface area (Å²) in [7, 11) is 1.64. The Kier molecular flexibility index (Phi) is 4.33. The Hall–Kier alpha value is -1.06. The van der Waals surface area contributed by atoms with Gasteiger partial charge in [0.2, 0.25) is 0 Å². The summed E-state index contributed by atoms with van der Waals surface area (Å²) in [5.74, 6) is 0.808. The summed E-state index contributed by atoms with van der Waals surface area (Å²) < 4.78 is 5.19. The molecule has 0 fully saturated rings. The summed E-state index contributed by atoms with van der Waals surface area (Å²) in [6, 6.07) is 8.09. The predicted molar refractivity (Wildman–Crippen MR) is 65.7 cm³/mol.